The summed E-state index contributed by atoms with van der Waals surface area (Å²) in [6.45, 7) is -0.248. The summed E-state index contributed by atoms with van der Waals surface area (Å²) in [5, 5.41) is 8.12. The second-order valence-electron chi connectivity index (χ2n) is 1.40. The van der Waals surface area contributed by atoms with Gasteiger partial charge in [-0.3, -0.25) is 4.79 Å². The summed E-state index contributed by atoms with van der Waals surface area (Å²) in [6.07, 6.45) is 0. The van der Waals surface area contributed by atoms with Crippen LogP contribution >= 0.6 is 0 Å². The Morgan fingerprint density at radius 3 is 2.67 bits per heavy atom. The molecule has 0 saturated heterocycles. The van der Waals surface area contributed by atoms with Crippen LogP contribution in [0, 0.1) is 0 Å². The third kappa shape index (κ3) is 1.04. The van der Waals surface area contributed by atoms with Crippen molar-refractivity contribution < 1.29 is 19.4 Å². The van der Waals surface area contributed by atoms with Gasteiger partial charge in [-0.2, -0.15) is 4.99 Å². The van der Waals surface area contributed by atoms with Crippen LogP contribution in [0.15, 0.2) is 4.99 Å². The predicted octanol–water partition coefficient (Wildman–Crippen LogP) is -0.974. The molecule has 1 aliphatic heterocycles. The van der Waals surface area contributed by atoms with Gasteiger partial charge in [-0.25, -0.2) is 4.79 Å². The predicted molar refractivity (Wildman–Crippen MR) is 26.0 cm³/mol. The maximum absolute atomic E-state index is 10.2. The molecule has 0 aromatic rings. The van der Waals surface area contributed by atoms with Crippen LogP contribution in [0.25, 0.3) is 0 Å². The summed E-state index contributed by atoms with van der Waals surface area (Å²) < 4.78 is 4.33. The SMILES string of the molecule is O=C1COC(C(=O)O)=N1. The molecule has 1 heterocycles. The number of nitrogens with zero attached hydrogens (tertiary/aromatic N) is 1. The molecular weight excluding hydrogens is 126 g/mol. The van der Waals surface area contributed by atoms with E-state index in [4.69, 9.17) is 5.11 Å². The van der Waals surface area contributed by atoms with E-state index in [2.05, 4.69) is 9.73 Å². The van der Waals surface area contributed by atoms with Gasteiger partial charge in [-0.15, -0.1) is 0 Å². The van der Waals surface area contributed by atoms with Gasteiger partial charge < -0.3 is 9.84 Å². The Bertz CT molecular complexity index is 195. The third-order valence-electron chi connectivity index (χ3n) is 0.742. The van der Waals surface area contributed by atoms with Crippen molar-refractivity contribution in [2.24, 2.45) is 4.99 Å². The van der Waals surface area contributed by atoms with E-state index in [1.54, 1.807) is 0 Å². The molecule has 1 aliphatic rings. The number of carbonyl (C=O) groups excluding carboxylic acids is 1. The highest BCUT2D eigenvalue weighted by atomic mass is 16.5. The molecule has 5 heteroatoms. The first-order valence-corrected chi connectivity index (χ1v) is 2.18. The third-order valence-corrected chi connectivity index (χ3v) is 0.742. The number of hydrogen-bond donors (Lipinski definition) is 1. The number of carboxylic acids is 1. The van der Waals surface area contributed by atoms with Crippen molar-refractivity contribution in [1.29, 1.82) is 0 Å². The van der Waals surface area contributed by atoms with Crippen LogP contribution in [0.2, 0.25) is 0 Å². The summed E-state index contributed by atoms with van der Waals surface area (Å²) in [5.74, 6) is -2.37. The van der Waals surface area contributed by atoms with E-state index in [1.807, 2.05) is 0 Å². The van der Waals surface area contributed by atoms with Crippen LogP contribution in [-0.2, 0) is 14.3 Å². The smallest absolute Gasteiger partial charge is 0.391 e. The molecule has 0 aromatic heterocycles. The van der Waals surface area contributed by atoms with Gasteiger partial charge in [0.1, 0.15) is 0 Å². The zero-order valence-corrected chi connectivity index (χ0v) is 4.33. The number of hydrogen-bond acceptors (Lipinski definition) is 3. The van der Waals surface area contributed by atoms with Crippen LogP contribution < -0.4 is 0 Å². The quantitative estimate of drug-likeness (QED) is 0.494. The fraction of sp³-hybridized carbons (Fsp3) is 0.250. The minimum absolute atomic E-state index is 0.248. The Balaban J connectivity index is 2.74. The van der Waals surface area contributed by atoms with Crippen LogP contribution in [-0.4, -0.2) is 29.5 Å². The van der Waals surface area contributed by atoms with Crippen LogP contribution in [0.5, 0.6) is 0 Å². The van der Waals surface area contributed by atoms with Gasteiger partial charge in [0.15, 0.2) is 6.61 Å². The first kappa shape index (κ1) is 5.74. The molecular formula is C4H3NO4. The zero-order valence-electron chi connectivity index (χ0n) is 4.33. The molecule has 1 N–H and O–H groups in total. The topological polar surface area (TPSA) is 76.0 Å². The maximum atomic E-state index is 10.2. The number of carboxylic acid groups (broad SMARTS) is 1. The van der Waals surface area contributed by atoms with Crippen molar-refractivity contribution in [2.45, 2.75) is 0 Å². The lowest BCUT2D eigenvalue weighted by Crippen LogP contribution is -2.12. The molecule has 0 aliphatic carbocycles. The number of aliphatic imine (C=N–C) groups is 1. The summed E-state index contributed by atoms with van der Waals surface area (Å²) >= 11 is 0. The Hall–Kier alpha value is -1.39. The van der Waals surface area contributed by atoms with Gasteiger partial charge >= 0.3 is 11.9 Å². The van der Waals surface area contributed by atoms with E-state index in [0.717, 1.165) is 0 Å². The standard InChI is InChI=1S/C4H3NO4/c6-2-1-9-3(5-2)4(7)8/h1H2,(H,7,8). The van der Waals surface area contributed by atoms with Gasteiger partial charge in [0.2, 0.25) is 0 Å². The number of rotatable bonds is 1. The number of amides is 1. The molecule has 9 heavy (non-hydrogen) atoms. The molecule has 1 amide bonds. The van der Waals surface area contributed by atoms with Crippen molar-refractivity contribution >= 4 is 17.8 Å². The Kier molecular flexibility index (Phi) is 1.18. The van der Waals surface area contributed by atoms with Crippen LogP contribution in [0.1, 0.15) is 0 Å². The largest absolute Gasteiger partial charge is 0.474 e. The summed E-state index contributed by atoms with van der Waals surface area (Å²) in [5.41, 5.74) is 0. The Morgan fingerprint density at radius 1 is 1.78 bits per heavy atom. The molecule has 0 fully saturated rings. The zero-order chi connectivity index (χ0) is 6.85. The van der Waals surface area contributed by atoms with Gasteiger partial charge in [-0.05, 0) is 0 Å². The molecule has 0 saturated carbocycles. The van der Waals surface area contributed by atoms with E-state index in [0.29, 0.717) is 0 Å². The number of ether oxygens (including phenoxy) is 1. The molecule has 0 spiro atoms. The molecule has 0 radical (unpaired) electrons. The first-order chi connectivity index (χ1) is 4.20. The average molecular weight is 129 g/mol. The molecule has 0 atom stereocenters. The van der Waals surface area contributed by atoms with E-state index in [9.17, 15) is 9.59 Å². The van der Waals surface area contributed by atoms with Crippen LogP contribution in [0.3, 0.4) is 0 Å². The summed E-state index contributed by atoms with van der Waals surface area (Å²) in [7, 11) is 0. The molecule has 0 aromatic carbocycles. The first-order valence-electron chi connectivity index (χ1n) is 2.18. The van der Waals surface area contributed by atoms with Crippen molar-refractivity contribution in [2.75, 3.05) is 6.61 Å². The van der Waals surface area contributed by atoms with Gasteiger partial charge in [-0.1, -0.05) is 0 Å². The monoisotopic (exact) mass is 129 g/mol. The highest BCUT2D eigenvalue weighted by molar-refractivity contribution is 6.35. The van der Waals surface area contributed by atoms with Crippen molar-refractivity contribution in [3.05, 3.63) is 0 Å². The Morgan fingerprint density at radius 2 is 2.44 bits per heavy atom. The van der Waals surface area contributed by atoms with Gasteiger partial charge in [0.05, 0.1) is 0 Å². The lowest BCUT2D eigenvalue weighted by Gasteiger charge is -1.88. The van der Waals surface area contributed by atoms with Gasteiger partial charge in [0.25, 0.3) is 5.91 Å². The molecule has 48 valence electrons. The van der Waals surface area contributed by atoms with Crippen molar-refractivity contribution in [3.63, 3.8) is 0 Å². The number of aliphatic carboxylic acids is 1. The lowest BCUT2D eigenvalue weighted by atomic mass is 10.7. The second-order valence-corrected chi connectivity index (χ2v) is 1.40. The molecule has 1 rings (SSSR count). The van der Waals surface area contributed by atoms with E-state index < -0.39 is 17.8 Å². The minimum Gasteiger partial charge on any atom is -0.474 e. The van der Waals surface area contributed by atoms with Crippen molar-refractivity contribution in [3.8, 4) is 0 Å². The summed E-state index contributed by atoms with van der Waals surface area (Å²) in [6, 6.07) is 0. The second kappa shape index (κ2) is 1.85. The normalized spacial score (nSPS) is 16.9. The summed E-state index contributed by atoms with van der Waals surface area (Å²) in [4.78, 5) is 23.2. The minimum atomic E-state index is -1.30. The Labute approximate surface area is 50.0 Å². The fourth-order valence-corrected chi connectivity index (χ4v) is 0.417. The fourth-order valence-electron chi connectivity index (χ4n) is 0.417. The van der Waals surface area contributed by atoms with E-state index in [-0.39, 0.29) is 6.61 Å². The maximum Gasteiger partial charge on any atom is 0.391 e. The van der Waals surface area contributed by atoms with E-state index in [1.165, 1.54) is 0 Å². The van der Waals surface area contributed by atoms with Crippen LogP contribution in [0.4, 0.5) is 0 Å². The van der Waals surface area contributed by atoms with Gasteiger partial charge in [0, 0.05) is 0 Å². The number of carbonyl (C=O) groups is 2. The van der Waals surface area contributed by atoms with Crippen molar-refractivity contribution in [1.82, 2.24) is 0 Å². The average Bonchev–Trinajstić information content (AvgIpc) is 2.14. The van der Waals surface area contributed by atoms with E-state index >= 15 is 0 Å². The molecule has 0 unspecified atom stereocenters. The lowest BCUT2D eigenvalue weighted by molar-refractivity contribution is -0.130. The molecule has 0 bridgehead atoms. The molecule has 5 nitrogen and oxygen atoms in total. The highest BCUT2D eigenvalue weighted by Gasteiger charge is 2.20. The highest BCUT2D eigenvalue weighted by Crippen LogP contribution is 1.94.